The third-order valence-corrected chi connectivity index (χ3v) is 2.92. The largest absolute Gasteiger partial charge is 0.492 e. The summed E-state index contributed by atoms with van der Waals surface area (Å²) in [4.78, 5) is 10.9. The summed E-state index contributed by atoms with van der Waals surface area (Å²) in [5, 5.41) is 8.96. The number of halogens is 1. The van der Waals surface area contributed by atoms with E-state index in [2.05, 4.69) is 15.9 Å². The standard InChI is InChI=1S/C12H15BrO3/c1-2-5-9(12(14)15)8-16-11-7-4-3-6-10(11)13/h3-4,6-7,9H,2,5,8H2,1H3,(H,14,15). The van der Waals surface area contributed by atoms with Crippen LogP contribution >= 0.6 is 15.9 Å². The van der Waals surface area contributed by atoms with Gasteiger partial charge in [0.05, 0.1) is 10.4 Å². The lowest BCUT2D eigenvalue weighted by molar-refractivity contribution is -0.143. The maximum absolute atomic E-state index is 10.9. The van der Waals surface area contributed by atoms with Crippen molar-refractivity contribution in [2.24, 2.45) is 5.92 Å². The number of hydrogen-bond donors (Lipinski definition) is 1. The second kappa shape index (κ2) is 6.53. The van der Waals surface area contributed by atoms with Crippen molar-refractivity contribution in [2.75, 3.05) is 6.61 Å². The van der Waals surface area contributed by atoms with Crippen LogP contribution in [0.15, 0.2) is 28.7 Å². The van der Waals surface area contributed by atoms with E-state index in [1.807, 2.05) is 31.2 Å². The first-order valence-electron chi connectivity index (χ1n) is 5.25. The predicted molar refractivity (Wildman–Crippen MR) is 65.7 cm³/mol. The minimum absolute atomic E-state index is 0.214. The first-order chi connectivity index (χ1) is 7.65. The Hall–Kier alpha value is -1.03. The number of rotatable bonds is 6. The van der Waals surface area contributed by atoms with Gasteiger partial charge in [0.2, 0.25) is 0 Å². The molecule has 0 radical (unpaired) electrons. The Balaban J connectivity index is 2.55. The lowest BCUT2D eigenvalue weighted by atomic mass is 10.1. The Labute approximate surface area is 104 Å². The second-order valence-corrected chi connectivity index (χ2v) is 4.42. The highest BCUT2D eigenvalue weighted by Crippen LogP contribution is 2.24. The van der Waals surface area contributed by atoms with Gasteiger partial charge < -0.3 is 9.84 Å². The Morgan fingerprint density at radius 2 is 2.19 bits per heavy atom. The summed E-state index contributed by atoms with van der Waals surface area (Å²) in [6.45, 7) is 2.18. The molecule has 16 heavy (non-hydrogen) atoms. The molecule has 1 aromatic rings. The molecule has 1 N–H and O–H groups in total. The van der Waals surface area contributed by atoms with Gasteiger partial charge in [0.25, 0.3) is 0 Å². The second-order valence-electron chi connectivity index (χ2n) is 3.57. The summed E-state index contributed by atoms with van der Waals surface area (Å²) in [6.07, 6.45) is 1.48. The van der Waals surface area contributed by atoms with Gasteiger partial charge in [-0.3, -0.25) is 4.79 Å². The summed E-state index contributed by atoms with van der Waals surface area (Å²) < 4.78 is 6.33. The number of benzene rings is 1. The van der Waals surface area contributed by atoms with E-state index in [-0.39, 0.29) is 6.61 Å². The molecule has 0 aliphatic rings. The smallest absolute Gasteiger partial charge is 0.309 e. The van der Waals surface area contributed by atoms with Crippen LogP contribution in [0.4, 0.5) is 0 Å². The van der Waals surface area contributed by atoms with Crippen LogP contribution in [0.5, 0.6) is 5.75 Å². The molecule has 0 bridgehead atoms. The van der Waals surface area contributed by atoms with Crippen molar-refractivity contribution in [1.82, 2.24) is 0 Å². The number of aliphatic carboxylic acids is 1. The van der Waals surface area contributed by atoms with Crippen LogP contribution in [0.1, 0.15) is 19.8 Å². The average molecular weight is 287 g/mol. The minimum Gasteiger partial charge on any atom is -0.492 e. The van der Waals surface area contributed by atoms with Crippen molar-refractivity contribution in [3.05, 3.63) is 28.7 Å². The van der Waals surface area contributed by atoms with Crippen LogP contribution in [0.25, 0.3) is 0 Å². The van der Waals surface area contributed by atoms with Crippen LogP contribution in [-0.2, 0) is 4.79 Å². The lowest BCUT2D eigenvalue weighted by Gasteiger charge is -2.13. The van der Waals surface area contributed by atoms with Gasteiger partial charge in [0, 0.05) is 0 Å². The van der Waals surface area contributed by atoms with E-state index in [9.17, 15) is 4.79 Å². The molecule has 0 spiro atoms. The molecular weight excluding hydrogens is 272 g/mol. The molecule has 1 unspecified atom stereocenters. The first kappa shape index (κ1) is 13.0. The zero-order valence-corrected chi connectivity index (χ0v) is 10.7. The van der Waals surface area contributed by atoms with Gasteiger partial charge in [-0.2, -0.15) is 0 Å². The number of carbonyl (C=O) groups is 1. The summed E-state index contributed by atoms with van der Waals surface area (Å²) in [6, 6.07) is 7.42. The van der Waals surface area contributed by atoms with Gasteiger partial charge in [0.15, 0.2) is 0 Å². The molecule has 0 amide bonds. The average Bonchev–Trinajstić information content (AvgIpc) is 2.26. The summed E-state index contributed by atoms with van der Waals surface area (Å²) in [5.74, 6) is -0.545. The first-order valence-corrected chi connectivity index (χ1v) is 6.04. The number of para-hydroxylation sites is 1. The van der Waals surface area contributed by atoms with Gasteiger partial charge >= 0.3 is 5.97 Å². The fraction of sp³-hybridized carbons (Fsp3) is 0.417. The van der Waals surface area contributed by atoms with Gasteiger partial charge in [-0.25, -0.2) is 0 Å². The Kier molecular flexibility index (Phi) is 5.32. The van der Waals surface area contributed by atoms with Gasteiger partial charge in [-0.05, 0) is 34.5 Å². The van der Waals surface area contributed by atoms with E-state index in [0.29, 0.717) is 12.2 Å². The van der Waals surface area contributed by atoms with Crippen molar-refractivity contribution >= 4 is 21.9 Å². The molecule has 88 valence electrons. The van der Waals surface area contributed by atoms with Crippen LogP contribution in [0, 0.1) is 5.92 Å². The van der Waals surface area contributed by atoms with Crippen molar-refractivity contribution in [3.63, 3.8) is 0 Å². The molecule has 4 heteroatoms. The number of ether oxygens (including phenoxy) is 1. The Morgan fingerprint density at radius 1 is 1.50 bits per heavy atom. The highest BCUT2D eigenvalue weighted by molar-refractivity contribution is 9.10. The summed E-state index contributed by atoms with van der Waals surface area (Å²) in [7, 11) is 0. The third kappa shape index (κ3) is 3.85. The maximum atomic E-state index is 10.9. The zero-order chi connectivity index (χ0) is 12.0. The van der Waals surface area contributed by atoms with Gasteiger partial charge in [-0.15, -0.1) is 0 Å². The molecule has 0 heterocycles. The van der Waals surface area contributed by atoms with Crippen molar-refractivity contribution in [1.29, 1.82) is 0 Å². The minimum atomic E-state index is -0.797. The molecule has 0 aliphatic heterocycles. The molecule has 0 aliphatic carbocycles. The maximum Gasteiger partial charge on any atom is 0.309 e. The number of carboxylic acid groups (broad SMARTS) is 1. The molecule has 0 aromatic heterocycles. The van der Waals surface area contributed by atoms with Crippen LogP contribution in [0.2, 0.25) is 0 Å². The lowest BCUT2D eigenvalue weighted by Crippen LogP contribution is -2.21. The monoisotopic (exact) mass is 286 g/mol. The molecule has 0 saturated heterocycles. The summed E-state index contributed by atoms with van der Waals surface area (Å²) in [5.41, 5.74) is 0. The molecular formula is C12H15BrO3. The quantitative estimate of drug-likeness (QED) is 0.873. The van der Waals surface area contributed by atoms with Gasteiger partial charge in [0.1, 0.15) is 12.4 Å². The molecule has 0 saturated carbocycles. The highest BCUT2D eigenvalue weighted by atomic mass is 79.9. The topological polar surface area (TPSA) is 46.5 Å². The van der Waals surface area contributed by atoms with Crippen molar-refractivity contribution in [3.8, 4) is 5.75 Å². The number of carboxylic acids is 1. The molecule has 0 fully saturated rings. The SMILES string of the molecule is CCCC(COc1ccccc1Br)C(=O)O. The van der Waals surface area contributed by atoms with Crippen molar-refractivity contribution < 1.29 is 14.6 Å². The van der Waals surface area contributed by atoms with E-state index in [1.165, 1.54) is 0 Å². The third-order valence-electron chi connectivity index (χ3n) is 2.26. The van der Waals surface area contributed by atoms with E-state index >= 15 is 0 Å². The van der Waals surface area contributed by atoms with Crippen molar-refractivity contribution in [2.45, 2.75) is 19.8 Å². The van der Waals surface area contributed by atoms with Gasteiger partial charge in [-0.1, -0.05) is 25.5 Å². The molecule has 1 aromatic carbocycles. The molecule has 1 atom stereocenters. The Bertz CT molecular complexity index is 352. The summed E-state index contributed by atoms with van der Waals surface area (Å²) >= 11 is 3.35. The molecule has 3 nitrogen and oxygen atoms in total. The fourth-order valence-corrected chi connectivity index (χ4v) is 1.78. The van der Waals surface area contributed by atoms with E-state index in [0.717, 1.165) is 10.9 Å². The van der Waals surface area contributed by atoms with Crippen LogP contribution in [-0.4, -0.2) is 17.7 Å². The predicted octanol–water partition coefficient (Wildman–Crippen LogP) is 3.33. The van der Waals surface area contributed by atoms with E-state index in [4.69, 9.17) is 9.84 Å². The molecule has 1 rings (SSSR count). The van der Waals surface area contributed by atoms with Crippen LogP contribution in [0.3, 0.4) is 0 Å². The fourth-order valence-electron chi connectivity index (χ4n) is 1.38. The Morgan fingerprint density at radius 3 is 2.75 bits per heavy atom. The van der Waals surface area contributed by atoms with E-state index in [1.54, 1.807) is 0 Å². The highest BCUT2D eigenvalue weighted by Gasteiger charge is 2.17. The number of hydrogen-bond acceptors (Lipinski definition) is 2. The van der Waals surface area contributed by atoms with Crippen LogP contribution < -0.4 is 4.74 Å². The van der Waals surface area contributed by atoms with E-state index < -0.39 is 11.9 Å². The normalized spacial score (nSPS) is 12.1. The zero-order valence-electron chi connectivity index (χ0n) is 9.15.